The fourth-order valence-corrected chi connectivity index (χ4v) is 3.09. The van der Waals surface area contributed by atoms with E-state index < -0.39 is 0 Å². The largest absolute Gasteiger partial charge is 0.341 e. The highest BCUT2D eigenvalue weighted by Gasteiger charge is 2.24. The number of hydrogen-bond donors (Lipinski definition) is 2. The number of hydrogen-bond acceptors (Lipinski definition) is 3. The van der Waals surface area contributed by atoms with Crippen LogP contribution >= 0.6 is 0 Å². The summed E-state index contributed by atoms with van der Waals surface area (Å²) in [6.07, 6.45) is 0. The van der Waals surface area contributed by atoms with Gasteiger partial charge in [-0.25, -0.2) is 4.98 Å². The number of rotatable bonds is 3. The molecular weight excluding hydrogens is 284 g/mol. The number of aromatic nitrogens is 2. The maximum Gasteiger partial charge on any atom is 0.137 e. The molecule has 2 aromatic rings. The second-order valence-corrected chi connectivity index (χ2v) is 7.55. The van der Waals surface area contributed by atoms with E-state index in [9.17, 15) is 0 Å². The lowest BCUT2D eigenvalue weighted by Gasteiger charge is -2.28. The summed E-state index contributed by atoms with van der Waals surface area (Å²) >= 11 is 0. The highest BCUT2D eigenvalue weighted by molar-refractivity contribution is 5.57. The SMILES string of the molecule is Cc1ccc(-c2nc(C(C)(C)C)c(CN3CCNCC3)[nH]2)cc1. The quantitative estimate of drug-likeness (QED) is 0.915. The maximum atomic E-state index is 4.95. The number of nitrogens with zero attached hydrogens (tertiary/aromatic N) is 2. The number of aromatic amines is 1. The third kappa shape index (κ3) is 3.82. The van der Waals surface area contributed by atoms with Crippen molar-refractivity contribution in [3.05, 3.63) is 41.2 Å². The van der Waals surface area contributed by atoms with Crippen molar-refractivity contribution in [2.24, 2.45) is 0 Å². The van der Waals surface area contributed by atoms with E-state index in [4.69, 9.17) is 4.98 Å². The van der Waals surface area contributed by atoms with Crippen LogP contribution in [0.1, 0.15) is 37.7 Å². The zero-order valence-corrected chi connectivity index (χ0v) is 14.7. The molecule has 0 unspecified atom stereocenters. The van der Waals surface area contributed by atoms with Crippen LogP contribution < -0.4 is 5.32 Å². The van der Waals surface area contributed by atoms with Crippen LogP contribution in [0.4, 0.5) is 0 Å². The molecule has 2 N–H and O–H groups in total. The van der Waals surface area contributed by atoms with E-state index >= 15 is 0 Å². The Bertz CT molecular complexity index is 643. The van der Waals surface area contributed by atoms with Gasteiger partial charge in [0.25, 0.3) is 0 Å². The molecule has 124 valence electrons. The Morgan fingerprint density at radius 3 is 2.35 bits per heavy atom. The Hall–Kier alpha value is -1.65. The minimum atomic E-state index is 0.0445. The predicted molar refractivity (Wildman–Crippen MR) is 95.6 cm³/mol. The van der Waals surface area contributed by atoms with Crippen molar-refractivity contribution in [2.45, 2.75) is 39.7 Å². The lowest BCUT2D eigenvalue weighted by molar-refractivity contribution is 0.229. The van der Waals surface area contributed by atoms with Gasteiger partial charge in [-0.1, -0.05) is 50.6 Å². The summed E-state index contributed by atoms with van der Waals surface area (Å²) in [5, 5.41) is 3.41. The van der Waals surface area contributed by atoms with Crippen LogP contribution in [-0.4, -0.2) is 41.0 Å². The van der Waals surface area contributed by atoms with Crippen molar-refractivity contribution in [3.8, 4) is 11.4 Å². The molecule has 1 aromatic carbocycles. The van der Waals surface area contributed by atoms with Gasteiger partial charge in [0.2, 0.25) is 0 Å². The van der Waals surface area contributed by atoms with Crippen molar-refractivity contribution in [1.82, 2.24) is 20.2 Å². The first-order valence-corrected chi connectivity index (χ1v) is 8.53. The molecule has 1 aromatic heterocycles. The summed E-state index contributed by atoms with van der Waals surface area (Å²) in [5.74, 6) is 0.986. The maximum absolute atomic E-state index is 4.95. The first-order chi connectivity index (χ1) is 10.9. The molecule has 0 atom stereocenters. The van der Waals surface area contributed by atoms with Crippen LogP contribution in [-0.2, 0) is 12.0 Å². The van der Waals surface area contributed by atoms with Crippen molar-refractivity contribution >= 4 is 0 Å². The highest BCUT2D eigenvalue weighted by Crippen LogP contribution is 2.28. The fraction of sp³-hybridized carbons (Fsp3) is 0.526. The van der Waals surface area contributed by atoms with Crippen molar-refractivity contribution in [3.63, 3.8) is 0 Å². The van der Waals surface area contributed by atoms with Crippen LogP contribution in [0.5, 0.6) is 0 Å². The summed E-state index contributed by atoms with van der Waals surface area (Å²) in [6, 6.07) is 8.58. The highest BCUT2D eigenvalue weighted by atomic mass is 15.2. The molecule has 0 radical (unpaired) electrons. The second-order valence-electron chi connectivity index (χ2n) is 7.55. The first-order valence-electron chi connectivity index (χ1n) is 8.53. The number of benzene rings is 1. The van der Waals surface area contributed by atoms with E-state index in [-0.39, 0.29) is 5.41 Å². The summed E-state index contributed by atoms with van der Waals surface area (Å²) in [5.41, 5.74) is 4.93. The predicted octanol–water partition coefficient (Wildman–Crippen LogP) is 3.09. The molecule has 1 aliphatic heterocycles. The average Bonchev–Trinajstić information content (AvgIpc) is 2.93. The van der Waals surface area contributed by atoms with Crippen LogP contribution in [0.25, 0.3) is 11.4 Å². The Balaban J connectivity index is 1.91. The normalized spacial score (nSPS) is 16.7. The van der Waals surface area contributed by atoms with E-state index in [1.807, 2.05) is 0 Å². The first kappa shape index (κ1) is 16.2. The van der Waals surface area contributed by atoms with E-state index in [1.165, 1.54) is 17.0 Å². The smallest absolute Gasteiger partial charge is 0.137 e. The molecule has 4 nitrogen and oxygen atoms in total. The Morgan fingerprint density at radius 2 is 1.74 bits per heavy atom. The zero-order valence-electron chi connectivity index (χ0n) is 14.7. The van der Waals surface area contributed by atoms with Gasteiger partial charge in [0, 0.05) is 43.7 Å². The van der Waals surface area contributed by atoms with E-state index in [2.05, 4.69) is 67.2 Å². The molecule has 0 aliphatic carbocycles. The summed E-state index contributed by atoms with van der Waals surface area (Å²) in [4.78, 5) is 11.0. The number of imidazole rings is 1. The zero-order chi connectivity index (χ0) is 16.4. The standard InChI is InChI=1S/C19H28N4/c1-14-5-7-15(8-6-14)18-21-16(17(22-18)19(2,3)4)13-23-11-9-20-10-12-23/h5-8,20H,9-13H2,1-4H3,(H,21,22). The molecular formula is C19H28N4. The van der Waals surface area contributed by atoms with Gasteiger partial charge in [-0.2, -0.15) is 0 Å². The average molecular weight is 312 g/mol. The van der Waals surface area contributed by atoms with Gasteiger partial charge in [-0.3, -0.25) is 4.90 Å². The number of H-pyrrole nitrogens is 1. The molecule has 4 heteroatoms. The number of nitrogens with one attached hydrogen (secondary N) is 2. The van der Waals surface area contributed by atoms with Gasteiger partial charge >= 0.3 is 0 Å². The van der Waals surface area contributed by atoms with E-state index in [0.29, 0.717) is 0 Å². The van der Waals surface area contributed by atoms with Crippen LogP contribution in [0.15, 0.2) is 24.3 Å². The minimum absolute atomic E-state index is 0.0445. The Morgan fingerprint density at radius 1 is 1.09 bits per heavy atom. The summed E-state index contributed by atoms with van der Waals surface area (Å²) < 4.78 is 0. The van der Waals surface area contributed by atoms with Crippen molar-refractivity contribution in [2.75, 3.05) is 26.2 Å². The van der Waals surface area contributed by atoms with Gasteiger partial charge in [0.15, 0.2) is 0 Å². The van der Waals surface area contributed by atoms with Gasteiger partial charge in [0.05, 0.1) is 11.4 Å². The molecule has 0 amide bonds. The van der Waals surface area contributed by atoms with E-state index in [0.717, 1.165) is 44.1 Å². The van der Waals surface area contributed by atoms with Gasteiger partial charge in [0.1, 0.15) is 5.82 Å². The Kier molecular flexibility index (Phi) is 4.55. The van der Waals surface area contributed by atoms with Crippen molar-refractivity contribution < 1.29 is 0 Å². The molecule has 0 spiro atoms. The van der Waals surface area contributed by atoms with Gasteiger partial charge < -0.3 is 10.3 Å². The fourth-order valence-electron chi connectivity index (χ4n) is 3.09. The Labute approximate surface area is 139 Å². The molecule has 0 saturated carbocycles. The lowest BCUT2D eigenvalue weighted by atomic mass is 9.90. The lowest BCUT2D eigenvalue weighted by Crippen LogP contribution is -2.43. The molecule has 1 fully saturated rings. The molecule has 23 heavy (non-hydrogen) atoms. The van der Waals surface area contributed by atoms with Crippen LogP contribution in [0, 0.1) is 6.92 Å². The number of aryl methyl sites for hydroxylation is 1. The third-order valence-corrected chi connectivity index (χ3v) is 4.41. The summed E-state index contributed by atoms with van der Waals surface area (Å²) in [7, 11) is 0. The minimum Gasteiger partial charge on any atom is -0.341 e. The van der Waals surface area contributed by atoms with Crippen LogP contribution in [0.3, 0.4) is 0 Å². The van der Waals surface area contributed by atoms with Crippen LogP contribution in [0.2, 0.25) is 0 Å². The third-order valence-electron chi connectivity index (χ3n) is 4.41. The molecule has 2 heterocycles. The molecule has 3 rings (SSSR count). The second kappa shape index (κ2) is 6.46. The topological polar surface area (TPSA) is 44.0 Å². The number of piperazine rings is 1. The molecule has 1 saturated heterocycles. The molecule has 0 bridgehead atoms. The van der Waals surface area contributed by atoms with Gasteiger partial charge in [-0.05, 0) is 6.92 Å². The molecule has 1 aliphatic rings. The van der Waals surface area contributed by atoms with E-state index in [1.54, 1.807) is 0 Å². The van der Waals surface area contributed by atoms with Crippen molar-refractivity contribution in [1.29, 1.82) is 0 Å². The van der Waals surface area contributed by atoms with Gasteiger partial charge in [-0.15, -0.1) is 0 Å². The monoisotopic (exact) mass is 312 g/mol. The summed E-state index contributed by atoms with van der Waals surface area (Å²) in [6.45, 7) is 14.1.